The second kappa shape index (κ2) is 5.02. The van der Waals surface area contributed by atoms with E-state index in [4.69, 9.17) is 0 Å². The number of rotatable bonds is 3. The highest BCUT2D eigenvalue weighted by molar-refractivity contribution is 6.12. The van der Waals surface area contributed by atoms with E-state index in [2.05, 4.69) is 15.3 Å². The van der Waals surface area contributed by atoms with Gasteiger partial charge < -0.3 is 5.32 Å². The lowest BCUT2D eigenvalue weighted by atomic mass is 10.0. The van der Waals surface area contributed by atoms with Gasteiger partial charge in [-0.15, -0.1) is 0 Å². The molecule has 0 fully saturated rings. The minimum atomic E-state index is -0.284. The summed E-state index contributed by atoms with van der Waals surface area (Å²) in [5, 5.41) is 2.85. The highest BCUT2D eigenvalue weighted by Crippen LogP contribution is 2.30. The van der Waals surface area contributed by atoms with Gasteiger partial charge in [0.1, 0.15) is 5.92 Å². The average molecular weight is 251 g/mol. The maximum Gasteiger partial charge on any atom is 0.237 e. The zero-order valence-electron chi connectivity index (χ0n) is 10.3. The summed E-state index contributed by atoms with van der Waals surface area (Å²) < 4.78 is 0. The van der Waals surface area contributed by atoms with Crippen molar-refractivity contribution in [2.24, 2.45) is 4.99 Å². The van der Waals surface area contributed by atoms with Crippen molar-refractivity contribution in [1.29, 1.82) is 0 Å². The van der Waals surface area contributed by atoms with E-state index < -0.39 is 0 Å². The van der Waals surface area contributed by atoms with Crippen molar-refractivity contribution in [3.63, 3.8) is 0 Å². The van der Waals surface area contributed by atoms with Gasteiger partial charge in [0, 0.05) is 24.3 Å². The van der Waals surface area contributed by atoms with E-state index >= 15 is 0 Å². The Kier molecular flexibility index (Phi) is 3.06. The van der Waals surface area contributed by atoms with E-state index in [1.165, 1.54) is 0 Å². The van der Waals surface area contributed by atoms with Gasteiger partial charge in [-0.3, -0.25) is 14.8 Å². The number of aromatic nitrogens is 1. The predicted molar refractivity (Wildman–Crippen MR) is 74.2 cm³/mol. The Labute approximate surface area is 111 Å². The molecule has 0 saturated carbocycles. The lowest BCUT2D eigenvalue weighted by Crippen LogP contribution is -2.13. The molecule has 1 N–H and O–H groups in total. The van der Waals surface area contributed by atoms with Crippen LogP contribution in [0.15, 0.2) is 53.8 Å². The summed E-state index contributed by atoms with van der Waals surface area (Å²) in [7, 11) is 0. The van der Waals surface area contributed by atoms with Gasteiger partial charge >= 0.3 is 0 Å². The average Bonchev–Trinajstić information content (AvgIpc) is 2.76. The zero-order valence-corrected chi connectivity index (χ0v) is 10.3. The van der Waals surface area contributed by atoms with Crippen molar-refractivity contribution in [2.45, 2.75) is 12.5 Å². The van der Waals surface area contributed by atoms with Crippen LogP contribution in [0.3, 0.4) is 0 Å². The third-order valence-electron chi connectivity index (χ3n) is 3.09. The first-order chi connectivity index (χ1) is 9.34. The highest BCUT2D eigenvalue weighted by atomic mass is 16.2. The molecule has 0 aliphatic carbocycles. The first-order valence-corrected chi connectivity index (χ1v) is 6.13. The quantitative estimate of drug-likeness (QED) is 0.851. The van der Waals surface area contributed by atoms with Crippen LogP contribution in [0.1, 0.15) is 17.0 Å². The lowest BCUT2D eigenvalue weighted by Gasteiger charge is -2.01. The van der Waals surface area contributed by atoms with Gasteiger partial charge in [-0.05, 0) is 23.3 Å². The maximum absolute atomic E-state index is 11.9. The minimum Gasteiger partial charge on any atom is -0.325 e. The van der Waals surface area contributed by atoms with E-state index in [-0.39, 0.29) is 11.8 Å². The van der Waals surface area contributed by atoms with Gasteiger partial charge in [0.25, 0.3) is 0 Å². The molecule has 0 spiro atoms. The number of benzene rings is 1. The lowest BCUT2D eigenvalue weighted by molar-refractivity contribution is -0.115. The Hall–Kier alpha value is -2.49. The molecule has 1 atom stereocenters. The molecule has 0 bridgehead atoms. The van der Waals surface area contributed by atoms with Gasteiger partial charge in [-0.2, -0.15) is 0 Å². The number of hydrogen-bond donors (Lipinski definition) is 1. The SMILES string of the molecule is O=C1Nc2ccccc2[C@H]1C=NCc1cccnc1. The summed E-state index contributed by atoms with van der Waals surface area (Å²) in [5.74, 6) is -0.302. The zero-order chi connectivity index (χ0) is 13.1. The normalized spacial score (nSPS) is 17.5. The molecule has 4 nitrogen and oxygen atoms in total. The van der Waals surface area contributed by atoms with E-state index in [0.717, 1.165) is 16.8 Å². The number of fused-ring (bicyclic) bond motifs is 1. The van der Waals surface area contributed by atoms with Gasteiger partial charge in [0.15, 0.2) is 0 Å². The van der Waals surface area contributed by atoms with Crippen LogP contribution in [0.5, 0.6) is 0 Å². The van der Waals surface area contributed by atoms with Crippen molar-refractivity contribution in [3.05, 3.63) is 59.9 Å². The third-order valence-corrected chi connectivity index (χ3v) is 3.09. The van der Waals surface area contributed by atoms with Crippen LogP contribution in [-0.4, -0.2) is 17.1 Å². The maximum atomic E-state index is 11.9. The second-order valence-electron chi connectivity index (χ2n) is 4.41. The third kappa shape index (κ3) is 2.38. The minimum absolute atomic E-state index is 0.0175. The predicted octanol–water partition coefficient (Wildman–Crippen LogP) is 2.39. The van der Waals surface area contributed by atoms with Crippen molar-refractivity contribution in [2.75, 3.05) is 5.32 Å². The fraction of sp³-hybridized carbons (Fsp3) is 0.133. The topological polar surface area (TPSA) is 54.4 Å². The molecule has 94 valence electrons. The first-order valence-electron chi connectivity index (χ1n) is 6.13. The Balaban J connectivity index is 1.75. The van der Waals surface area contributed by atoms with Crippen LogP contribution in [-0.2, 0) is 11.3 Å². The molecular formula is C15H13N3O. The summed E-state index contributed by atoms with van der Waals surface area (Å²) in [4.78, 5) is 20.2. The Morgan fingerprint density at radius 1 is 1.26 bits per heavy atom. The van der Waals surface area contributed by atoms with E-state index in [0.29, 0.717) is 6.54 Å². The van der Waals surface area contributed by atoms with Crippen LogP contribution in [0.2, 0.25) is 0 Å². The second-order valence-corrected chi connectivity index (χ2v) is 4.41. The summed E-state index contributed by atoms with van der Waals surface area (Å²) in [6.07, 6.45) is 5.22. The monoisotopic (exact) mass is 251 g/mol. The summed E-state index contributed by atoms with van der Waals surface area (Å²) >= 11 is 0. The van der Waals surface area contributed by atoms with Gasteiger partial charge in [-0.25, -0.2) is 0 Å². The molecule has 4 heteroatoms. The van der Waals surface area contributed by atoms with Crippen LogP contribution < -0.4 is 5.32 Å². The van der Waals surface area contributed by atoms with Gasteiger partial charge in [0.2, 0.25) is 5.91 Å². The Bertz CT molecular complexity index is 622. The molecule has 19 heavy (non-hydrogen) atoms. The van der Waals surface area contributed by atoms with E-state index in [1.807, 2.05) is 36.4 Å². The molecule has 1 aliphatic heterocycles. The number of nitrogens with one attached hydrogen (secondary N) is 1. The first kappa shape index (κ1) is 11.6. The highest BCUT2D eigenvalue weighted by Gasteiger charge is 2.28. The van der Waals surface area contributed by atoms with E-state index in [9.17, 15) is 4.79 Å². The van der Waals surface area contributed by atoms with Crippen molar-refractivity contribution in [3.8, 4) is 0 Å². The van der Waals surface area contributed by atoms with Crippen molar-refractivity contribution < 1.29 is 4.79 Å². The molecule has 2 aromatic rings. The Morgan fingerprint density at radius 2 is 2.16 bits per heavy atom. The van der Waals surface area contributed by atoms with Crippen molar-refractivity contribution >= 4 is 17.8 Å². The number of carbonyl (C=O) groups is 1. The molecule has 1 amide bonds. The summed E-state index contributed by atoms with van der Waals surface area (Å²) in [5.41, 5.74) is 2.90. The van der Waals surface area contributed by atoms with Crippen LogP contribution in [0, 0.1) is 0 Å². The number of nitrogens with zero attached hydrogens (tertiary/aromatic N) is 2. The summed E-state index contributed by atoms with van der Waals surface area (Å²) in [6, 6.07) is 11.5. The van der Waals surface area contributed by atoms with Crippen molar-refractivity contribution in [1.82, 2.24) is 4.98 Å². The standard InChI is InChI=1S/C15H13N3O/c19-15-13(12-5-1-2-6-14(12)18-15)10-17-9-11-4-3-7-16-8-11/h1-8,10,13H,9H2,(H,18,19)/t13-/m1/s1. The molecule has 1 aromatic heterocycles. The molecule has 0 unspecified atom stereocenters. The molecule has 0 saturated heterocycles. The number of aliphatic imine (C=N–C) groups is 1. The molecule has 2 heterocycles. The largest absolute Gasteiger partial charge is 0.325 e. The molecule has 0 radical (unpaired) electrons. The Morgan fingerprint density at radius 3 is 3.00 bits per heavy atom. The number of para-hydroxylation sites is 1. The smallest absolute Gasteiger partial charge is 0.237 e. The van der Waals surface area contributed by atoms with Crippen LogP contribution >= 0.6 is 0 Å². The summed E-state index contributed by atoms with van der Waals surface area (Å²) in [6.45, 7) is 0.541. The molecule has 1 aliphatic rings. The van der Waals surface area contributed by atoms with Crippen LogP contribution in [0.25, 0.3) is 0 Å². The van der Waals surface area contributed by atoms with Gasteiger partial charge in [-0.1, -0.05) is 24.3 Å². The van der Waals surface area contributed by atoms with Crippen LogP contribution in [0.4, 0.5) is 5.69 Å². The number of anilines is 1. The number of pyridine rings is 1. The van der Waals surface area contributed by atoms with Gasteiger partial charge in [0.05, 0.1) is 6.54 Å². The molecule has 1 aromatic carbocycles. The van der Waals surface area contributed by atoms with E-state index in [1.54, 1.807) is 18.6 Å². The number of hydrogen-bond acceptors (Lipinski definition) is 3. The number of carbonyl (C=O) groups excluding carboxylic acids is 1. The molecular weight excluding hydrogens is 238 g/mol. The fourth-order valence-corrected chi connectivity index (χ4v) is 2.14. The molecule has 3 rings (SSSR count). The fourth-order valence-electron chi connectivity index (χ4n) is 2.14. The number of amides is 1.